The van der Waals surface area contributed by atoms with Gasteiger partial charge in [-0.25, -0.2) is 8.78 Å². The quantitative estimate of drug-likeness (QED) is 0.782. The van der Waals surface area contributed by atoms with E-state index in [-0.39, 0.29) is 11.3 Å². The molecule has 0 spiro atoms. The van der Waals surface area contributed by atoms with Crippen LogP contribution in [0.25, 0.3) is 0 Å². The normalized spacial score (nSPS) is 18.6. The third-order valence-electron chi connectivity index (χ3n) is 4.13. The summed E-state index contributed by atoms with van der Waals surface area (Å²) in [6.07, 6.45) is 4.39. The van der Waals surface area contributed by atoms with Gasteiger partial charge in [-0.3, -0.25) is 9.69 Å². The lowest BCUT2D eigenvalue weighted by Gasteiger charge is -2.41. The number of carbonyl (C=O) groups excluding carboxylic acids is 1. The van der Waals surface area contributed by atoms with Gasteiger partial charge in [-0.15, -0.1) is 0 Å². The number of nitrogens with zero attached hydrogens (tertiary/aromatic N) is 1. The van der Waals surface area contributed by atoms with Gasteiger partial charge in [-0.2, -0.15) is 0 Å². The fourth-order valence-electron chi connectivity index (χ4n) is 2.94. The molecular weight excluding hydrogens is 248 g/mol. The molecule has 0 radical (unpaired) electrons. The van der Waals surface area contributed by atoms with Gasteiger partial charge in [0.25, 0.3) is 0 Å². The van der Waals surface area contributed by atoms with Crippen LogP contribution in [0, 0.1) is 11.6 Å². The van der Waals surface area contributed by atoms with Crippen LogP contribution in [0.4, 0.5) is 8.78 Å². The minimum atomic E-state index is -0.688. The number of likely N-dealkylation sites (N-methyl/N-ethyl adjacent to an activating group) is 1. The molecule has 0 heterocycles. The van der Waals surface area contributed by atoms with Gasteiger partial charge in [0.05, 0.1) is 11.1 Å². The van der Waals surface area contributed by atoms with E-state index >= 15 is 0 Å². The SMILES string of the molecule is CN(C)C1(C(=O)c2cc(F)ccc2F)CCCCC1. The van der Waals surface area contributed by atoms with Crippen molar-refractivity contribution in [3.05, 3.63) is 35.4 Å². The minimum Gasteiger partial charge on any atom is -0.297 e. The lowest BCUT2D eigenvalue weighted by molar-refractivity contribution is 0.0559. The Kier molecular flexibility index (Phi) is 3.99. The number of benzene rings is 1. The third kappa shape index (κ3) is 2.54. The van der Waals surface area contributed by atoms with Crippen LogP contribution in [-0.4, -0.2) is 30.3 Å². The maximum atomic E-state index is 13.8. The van der Waals surface area contributed by atoms with Gasteiger partial charge >= 0.3 is 0 Å². The zero-order valence-electron chi connectivity index (χ0n) is 11.4. The Balaban J connectivity index is 2.42. The van der Waals surface area contributed by atoms with E-state index in [4.69, 9.17) is 0 Å². The van der Waals surface area contributed by atoms with Crippen molar-refractivity contribution in [1.29, 1.82) is 0 Å². The van der Waals surface area contributed by atoms with Crippen LogP contribution in [0.3, 0.4) is 0 Å². The first-order valence-corrected chi connectivity index (χ1v) is 6.65. The molecule has 0 aliphatic heterocycles. The Morgan fingerprint density at radius 3 is 2.37 bits per heavy atom. The first kappa shape index (κ1) is 14.1. The molecule has 0 unspecified atom stereocenters. The molecule has 19 heavy (non-hydrogen) atoms. The highest BCUT2D eigenvalue weighted by Crippen LogP contribution is 2.35. The minimum absolute atomic E-state index is 0.129. The summed E-state index contributed by atoms with van der Waals surface area (Å²) in [7, 11) is 3.67. The molecule has 0 N–H and O–H groups in total. The van der Waals surface area contributed by atoms with E-state index in [1.807, 2.05) is 19.0 Å². The van der Waals surface area contributed by atoms with Crippen molar-refractivity contribution in [3.63, 3.8) is 0 Å². The van der Waals surface area contributed by atoms with Gasteiger partial charge < -0.3 is 0 Å². The molecule has 1 saturated carbocycles. The number of carbonyl (C=O) groups is 1. The smallest absolute Gasteiger partial charge is 0.186 e. The van der Waals surface area contributed by atoms with Gasteiger partial charge in [-0.05, 0) is 45.1 Å². The van der Waals surface area contributed by atoms with Crippen LogP contribution in [-0.2, 0) is 0 Å². The number of Topliss-reactive ketones (excluding diaryl/α,β-unsaturated/α-hetero) is 1. The van der Waals surface area contributed by atoms with Gasteiger partial charge in [0.15, 0.2) is 5.78 Å². The highest BCUT2D eigenvalue weighted by molar-refractivity contribution is 6.03. The molecule has 1 aromatic carbocycles. The predicted molar refractivity (Wildman–Crippen MR) is 70.2 cm³/mol. The fraction of sp³-hybridized carbons (Fsp3) is 0.533. The second-order valence-electron chi connectivity index (χ2n) is 5.44. The second kappa shape index (κ2) is 5.37. The summed E-state index contributed by atoms with van der Waals surface area (Å²) in [5.74, 6) is -1.51. The average molecular weight is 267 g/mol. The van der Waals surface area contributed by atoms with E-state index in [1.165, 1.54) is 0 Å². The van der Waals surface area contributed by atoms with Gasteiger partial charge in [-0.1, -0.05) is 19.3 Å². The highest BCUT2D eigenvalue weighted by Gasteiger charge is 2.42. The van der Waals surface area contributed by atoms with E-state index in [2.05, 4.69) is 0 Å². The topological polar surface area (TPSA) is 20.3 Å². The molecule has 4 heteroatoms. The summed E-state index contributed by atoms with van der Waals surface area (Å²) in [5.41, 5.74) is -0.817. The van der Waals surface area contributed by atoms with Crippen LogP contribution in [0.15, 0.2) is 18.2 Å². The molecule has 0 aromatic heterocycles. The maximum Gasteiger partial charge on any atom is 0.186 e. The van der Waals surface area contributed by atoms with Crippen molar-refractivity contribution in [3.8, 4) is 0 Å². The molecular formula is C15H19F2NO. The first-order valence-electron chi connectivity index (χ1n) is 6.65. The van der Waals surface area contributed by atoms with E-state index in [9.17, 15) is 13.6 Å². The third-order valence-corrected chi connectivity index (χ3v) is 4.13. The molecule has 104 valence electrons. The summed E-state index contributed by atoms with van der Waals surface area (Å²) in [6.45, 7) is 0. The summed E-state index contributed by atoms with van der Waals surface area (Å²) in [5, 5.41) is 0. The van der Waals surface area contributed by atoms with E-state index in [1.54, 1.807) is 0 Å². The van der Waals surface area contributed by atoms with Gasteiger partial charge in [0, 0.05) is 0 Å². The summed E-state index contributed by atoms with van der Waals surface area (Å²) in [4.78, 5) is 14.5. The van der Waals surface area contributed by atoms with Crippen molar-refractivity contribution in [2.24, 2.45) is 0 Å². The molecule has 1 aliphatic rings. The van der Waals surface area contributed by atoms with Crippen molar-refractivity contribution >= 4 is 5.78 Å². The van der Waals surface area contributed by atoms with E-state index < -0.39 is 17.2 Å². The van der Waals surface area contributed by atoms with Crippen molar-refractivity contribution in [2.75, 3.05) is 14.1 Å². The number of rotatable bonds is 3. The molecule has 0 amide bonds. The van der Waals surface area contributed by atoms with E-state index in [0.29, 0.717) is 12.8 Å². The largest absolute Gasteiger partial charge is 0.297 e. The standard InChI is InChI=1S/C15H19F2NO/c1-18(2)15(8-4-3-5-9-15)14(19)12-10-11(16)6-7-13(12)17/h6-7,10H,3-5,8-9H2,1-2H3. The van der Waals surface area contributed by atoms with Crippen LogP contribution in [0.1, 0.15) is 42.5 Å². The average Bonchev–Trinajstić information content (AvgIpc) is 2.41. The maximum absolute atomic E-state index is 13.8. The molecule has 0 saturated heterocycles. The van der Waals surface area contributed by atoms with Crippen LogP contribution in [0.2, 0.25) is 0 Å². The summed E-state index contributed by atoms with van der Waals surface area (Å²) < 4.78 is 27.1. The molecule has 2 rings (SSSR count). The summed E-state index contributed by atoms with van der Waals surface area (Å²) in [6, 6.07) is 3.07. The Morgan fingerprint density at radius 1 is 1.16 bits per heavy atom. The number of hydrogen-bond acceptors (Lipinski definition) is 2. The molecule has 1 aromatic rings. The first-order chi connectivity index (χ1) is 8.97. The monoisotopic (exact) mass is 267 g/mol. The fourth-order valence-corrected chi connectivity index (χ4v) is 2.94. The Morgan fingerprint density at radius 2 is 1.79 bits per heavy atom. The molecule has 0 bridgehead atoms. The van der Waals surface area contributed by atoms with Gasteiger partial charge in [0.2, 0.25) is 0 Å². The van der Waals surface area contributed by atoms with Crippen LogP contribution < -0.4 is 0 Å². The Bertz CT molecular complexity index is 479. The van der Waals surface area contributed by atoms with E-state index in [0.717, 1.165) is 37.5 Å². The lowest BCUT2D eigenvalue weighted by atomic mass is 9.75. The number of hydrogen-bond donors (Lipinski definition) is 0. The number of halogens is 2. The van der Waals surface area contributed by atoms with Crippen LogP contribution >= 0.6 is 0 Å². The molecule has 1 fully saturated rings. The molecule has 1 aliphatic carbocycles. The second-order valence-corrected chi connectivity index (χ2v) is 5.44. The zero-order chi connectivity index (χ0) is 14.0. The van der Waals surface area contributed by atoms with Crippen molar-refractivity contribution in [1.82, 2.24) is 4.90 Å². The number of ketones is 1. The lowest BCUT2D eigenvalue weighted by Crippen LogP contribution is -2.52. The predicted octanol–water partition coefficient (Wildman–Crippen LogP) is 3.41. The molecule has 0 atom stereocenters. The van der Waals surface area contributed by atoms with Crippen LogP contribution in [0.5, 0.6) is 0 Å². The zero-order valence-corrected chi connectivity index (χ0v) is 11.4. The van der Waals surface area contributed by atoms with Crippen molar-refractivity contribution in [2.45, 2.75) is 37.6 Å². The Labute approximate surface area is 112 Å². The molecule has 2 nitrogen and oxygen atoms in total. The highest BCUT2D eigenvalue weighted by atomic mass is 19.1. The summed E-state index contributed by atoms with van der Waals surface area (Å²) >= 11 is 0. The Hall–Kier alpha value is -1.29. The van der Waals surface area contributed by atoms with Gasteiger partial charge in [0.1, 0.15) is 11.6 Å². The van der Waals surface area contributed by atoms with Crippen molar-refractivity contribution < 1.29 is 13.6 Å².